The molecular weight excluding hydrogens is 284 g/mol. The summed E-state index contributed by atoms with van der Waals surface area (Å²) < 4.78 is 10.5. The van der Waals surface area contributed by atoms with Crippen LogP contribution in [0.5, 0.6) is 0 Å². The van der Waals surface area contributed by atoms with Crippen molar-refractivity contribution in [3.05, 3.63) is 59.5 Å². The van der Waals surface area contributed by atoms with Crippen molar-refractivity contribution < 1.29 is 18.7 Å². The fraction of sp³-hybridized carbons (Fsp3) is 0.250. The van der Waals surface area contributed by atoms with E-state index in [0.717, 1.165) is 5.56 Å². The molecule has 0 saturated heterocycles. The van der Waals surface area contributed by atoms with Gasteiger partial charge in [-0.15, -0.1) is 0 Å². The molecule has 2 rings (SSSR count). The van der Waals surface area contributed by atoms with Gasteiger partial charge >= 0.3 is 0 Å². The number of hydrogen-bond donors (Lipinski definition) is 2. The van der Waals surface area contributed by atoms with E-state index in [0.29, 0.717) is 17.9 Å². The molecule has 0 bridgehead atoms. The lowest BCUT2D eigenvalue weighted by atomic mass is 10.2. The first-order valence-electron chi connectivity index (χ1n) is 6.87. The van der Waals surface area contributed by atoms with Crippen LogP contribution in [0.4, 0.5) is 0 Å². The Bertz CT molecular complexity index is 637. The molecule has 116 valence electrons. The van der Waals surface area contributed by atoms with Gasteiger partial charge in [0.2, 0.25) is 0 Å². The van der Waals surface area contributed by atoms with Crippen LogP contribution >= 0.6 is 0 Å². The molecule has 2 aromatic rings. The number of hydrogen-bond acceptors (Lipinski definition) is 4. The highest BCUT2D eigenvalue weighted by Crippen LogP contribution is 2.07. The van der Waals surface area contributed by atoms with Crippen molar-refractivity contribution in [2.45, 2.75) is 26.6 Å². The Balaban J connectivity index is 1.77. The zero-order valence-corrected chi connectivity index (χ0v) is 12.5. The predicted molar refractivity (Wildman–Crippen MR) is 79.7 cm³/mol. The number of carbonyl (C=O) groups is 2. The first-order chi connectivity index (χ1) is 10.6. The van der Waals surface area contributed by atoms with E-state index < -0.39 is 17.9 Å². The van der Waals surface area contributed by atoms with Gasteiger partial charge in [0.1, 0.15) is 11.9 Å². The third-order valence-corrected chi connectivity index (χ3v) is 3.11. The van der Waals surface area contributed by atoms with Gasteiger partial charge in [0.05, 0.1) is 18.4 Å². The molecule has 2 amide bonds. The average molecular weight is 302 g/mol. The van der Waals surface area contributed by atoms with Gasteiger partial charge in [0, 0.05) is 0 Å². The summed E-state index contributed by atoms with van der Waals surface area (Å²) >= 11 is 0. The maximum atomic E-state index is 11.8. The fourth-order valence-corrected chi connectivity index (χ4v) is 1.78. The number of furan rings is 1. The van der Waals surface area contributed by atoms with Gasteiger partial charge in [-0.05, 0) is 25.5 Å². The molecule has 0 spiro atoms. The molecule has 1 aromatic carbocycles. The summed E-state index contributed by atoms with van der Waals surface area (Å²) in [4.78, 5) is 23.7. The van der Waals surface area contributed by atoms with Crippen molar-refractivity contribution in [1.29, 1.82) is 0 Å². The number of nitrogens with one attached hydrogen (secondary N) is 2. The van der Waals surface area contributed by atoms with E-state index in [4.69, 9.17) is 9.15 Å². The molecule has 1 atom stereocenters. The van der Waals surface area contributed by atoms with E-state index in [9.17, 15) is 9.59 Å². The van der Waals surface area contributed by atoms with Crippen LogP contribution in [-0.2, 0) is 16.1 Å². The summed E-state index contributed by atoms with van der Waals surface area (Å²) in [5.41, 5.74) is 6.00. The molecule has 2 N–H and O–H groups in total. The smallest absolute Gasteiger partial charge is 0.273 e. The second kappa shape index (κ2) is 7.42. The zero-order valence-electron chi connectivity index (χ0n) is 12.5. The van der Waals surface area contributed by atoms with Crippen molar-refractivity contribution in [1.82, 2.24) is 10.9 Å². The molecule has 0 radical (unpaired) electrons. The third kappa shape index (κ3) is 4.20. The lowest BCUT2D eigenvalue weighted by molar-refractivity contribution is -0.133. The largest absolute Gasteiger partial charge is 0.469 e. The second-order valence-electron chi connectivity index (χ2n) is 4.77. The number of carbonyl (C=O) groups excluding carboxylic acids is 2. The molecule has 0 aliphatic heterocycles. The minimum atomic E-state index is -0.689. The Hall–Kier alpha value is -2.60. The molecule has 22 heavy (non-hydrogen) atoms. The van der Waals surface area contributed by atoms with E-state index in [1.54, 1.807) is 13.8 Å². The summed E-state index contributed by atoms with van der Waals surface area (Å²) in [6.07, 6.45) is 0.725. The van der Waals surface area contributed by atoms with Crippen LogP contribution in [0.3, 0.4) is 0 Å². The highest BCUT2D eigenvalue weighted by molar-refractivity contribution is 5.96. The van der Waals surface area contributed by atoms with E-state index in [-0.39, 0.29) is 0 Å². The quantitative estimate of drug-likeness (QED) is 0.827. The van der Waals surface area contributed by atoms with Crippen LogP contribution in [0, 0.1) is 6.92 Å². The second-order valence-corrected chi connectivity index (χ2v) is 4.77. The van der Waals surface area contributed by atoms with Gasteiger partial charge in [-0.3, -0.25) is 20.4 Å². The van der Waals surface area contributed by atoms with Crippen molar-refractivity contribution in [2.75, 3.05) is 0 Å². The van der Waals surface area contributed by atoms with Crippen molar-refractivity contribution >= 4 is 11.8 Å². The molecule has 1 heterocycles. The summed E-state index contributed by atoms with van der Waals surface area (Å²) in [5.74, 6) is -0.375. The maximum Gasteiger partial charge on any atom is 0.273 e. The van der Waals surface area contributed by atoms with E-state index in [1.807, 2.05) is 30.3 Å². The molecule has 1 aromatic heterocycles. The summed E-state index contributed by atoms with van der Waals surface area (Å²) in [7, 11) is 0. The number of aryl methyl sites for hydroxylation is 1. The third-order valence-electron chi connectivity index (χ3n) is 3.11. The van der Waals surface area contributed by atoms with Crippen molar-refractivity contribution in [3.8, 4) is 0 Å². The van der Waals surface area contributed by atoms with E-state index >= 15 is 0 Å². The molecule has 0 fully saturated rings. The minimum absolute atomic E-state index is 0.324. The molecule has 6 heteroatoms. The van der Waals surface area contributed by atoms with Crippen LogP contribution in [0.2, 0.25) is 0 Å². The van der Waals surface area contributed by atoms with Crippen LogP contribution in [0.1, 0.15) is 28.6 Å². The van der Waals surface area contributed by atoms with Gasteiger partial charge in [0.25, 0.3) is 11.8 Å². The molecule has 6 nitrogen and oxygen atoms in total. The average Bonchev–Trinajstić information content (AvgIpc) is 2.97. The van der Waals surface area contributed by atoms with Crippen LogP contribution in [0.15, 0.2) is 47.1 Å². The number of hydrazine groups is 1. The Morgan fingerprint density at radius 1 is 1.18 bits per heavy atom. The van der Waals surface area contributed by atoms with Gasteiger partial charge in [-0.2, -0.15) is 0 Å². The lowest BCUT2D eigenvalue weighted by Crippen LogP contribution is -2.46. The zero-order chi connectivity index (χ0) is 15.9. The first kappa shape index (κ1) is 15.8. The standard InChI is InChI=1S/C16H18N2O4/c1-11-14(8-9-21-11)16(20)18-17-15(19)12(2)22-10-13-6-4-3-5-7-13/h3-9,12H,10H2,1-2H3,(H,17,19)(H,18,20). The SMILES string of the molecule is Cc1occc1C(=O)NNC(=O)C(C)OCc1ccccc1. The molecule has 0 aliphatic rings. The van der Waals surface area contributed by atoms with Crippen LogP contribution in [-0.4, -0.2) is 17.9 Å². The molecule has 0 saturated carbocycles. The molecule has 0 aliphatic carbocycles. The monoisotopic (exact) mass is 302 g/mol. The van der Waals surface area contributed by atoms with Gasteiger partial charge in [0.15, 0.2) is 0 Å². The summed E-state index contributed by atoms with van der Waals surface area (Å²) in [5, 5.41) is 0. The normalized spacial score (nSPS) is 11.7. The Morgan fingerprint density at radius 3 is 2.55 bits per heavy atom. The Morgan fingerprint density at radius 2 is 1.91 bits per heavy atom. The first-order valence-corrected chi connectivity index (χ1v) is 6.87. The fourth-order valence-electron chi connectivity index (χ4n) is 1.78. The topological polar surface area (TPSA) is 80.6 Å². The molecule has 1 unspecified atom stereocenters. The molecular formula is C16H18N2O4. The lowest BCUT2D eigenvalue weighted by Gasteiger charge is -2.13. The number of amides is 2. The van der Waals surface area contributed by atoms with Crippen LogP contribution < -0.4 is 10.9 Å². The predicted octanol–water partition coefficient (Wildman–Crippen LogP) is 1.95. The van der Waals surface area contributed by atoms with Gasteiger partial charge in [-0.25, -0.2) is 0 Å². The van der Waals surface area contributed by atoms with Crippen molar-refractivity contribution in [2.24, 2.45) is 0 Å². The Kier molecular flexibility index (Phi) is 5.32. The van der Waals surface area contributed by atoms with Crippen LogP contribution in [0.25, 0.3) is 0 Å². The summed E-state index contributed by atoms with van der Waals surface area (Å²) in [6.45, 7) is 3.61. The van der Waals surface area contributed by atoms with Crippen molar-refractivity contribution in [3.63, 3.8) is 0 Å². The summed E-state index contributed by atoms with van der Waals surface area (Å²) in [6, 6.07) is 11.1. The number of ether oxygens (including phenoxy) is 1. The van der Waals surface area contributed by atoms with Gasteiger partial charge < -0.3 is 9.15 Å². The van der Waals surface area contributed by atoms with E-state index in [2.05, 4.69) is 10.9 Å². The Labute approximate surface area is 128 Å². The highest BCUT2D eigenvalue weighted by Gasteiger charge is 2.16. The number of rotatable bonds is 5. The van der Waals surface area contributed by atoms with Gasteiger partial charge in [-0.1, -0.05) is 30.3 Å². The van der Waals surface area contributed by atoms with E-state index in [1.165, 1.54) is 12.3 Å². The minimum Gasteiger partial charge on any atom is -0.469 e. The number of benzene rings is 1. The maximum absolute atomic E-state index is 11.8. The highest BCUT2D eigenvalue weighted by atomic mass is 16.5.